The number of aliphatic hydroxyl groups is 1. The van der Waals surface area contributed by atoms with Crippen molar-refractivity contribution in [3.05, 3.63) is 0 Å². The third-order valence-electron chi connectivity index (χ3n) is 5.37. The minimum Gasteiger partial charge on any atom is -0.465 e. The SMILES string of the molecule is CCOC(=O)C1(C)CN(C)CC1O.CCOC(=O)C1(C)CN(C)CC1OC. The van der Waals surface area contributed by atoms with Gasteiger partial charge in [-0.25, -0.2) is 0 Å². The van der Waals surface area contributed by atoms with Crippen molar-refractivity contribution in [3.63, 3.8) is 0 Å². The van der Waals surface area contributed by atoms with Gasteiger partial charge in [-0.1, -0.05) is 0 Å². The highest BCUT2D eigenvalue weighted by Gasteiger charge is 2.49. The average Bonchev–Trinajstić information content (AvgIpc) is 3.04. The van der Waals surface area contributed by atoms with Crippen LogP contribution in [-0.2, 0) is 23.8 Å². The maximum Gasteiger partial charge on any atom is 0.315 e. The smallest absolute Gasteiger partial charge is 0.315 e. The first-order chi connectivity index (χ1) is 12.5. The number of hydrogen-bond acceptors (Lipinski definition) is 8. The molecule has 0 spiro atoms. The van der Waals surface area contributed by atoms with Crippen LogP contribution in [-0.4, -0.2) is 99.7 Å². The van der Waals surface area contributed by atoms with Crippen molar-refractivity contribution < 1.29 is 28.9 Å². The Hall–Kier alpha value is -1.22. The number of aliphatic hydroxyl groups excluding tert-OH is 1. The van der Waals surface area contributed by atoms with E-state index in [-0.39, 0.29) is 18.0 Å². The molecule has 4 unspecified atom stereocenters. The first-order valence-corrected chi connectivity index (χ1v) is 9.47. The lowest BCUT2D eigenvalue weighted by atomic mass is 9.87. The third-order valence-corrected chi connectivity index (χ3v) is 5.37. The van der Waals surface area contributed by atoms with E-state index in [1.807, 2.05) is 32.8 Å². The van der Waals surface area contributed by atoms with Gasteiger partial charge in [0.2, 0.25) is 0 Å². The fraction of sp³-hybridized carbons (Fsp3) is 0.895. The Kier molecular flexibility index (Phi) is 8.66. The Morgan fingerprint density at radius 1 is 0.963 bits per heavy atom. The molecule has 0 saturated carbocycles. The van der Waals surface area contributed by atoms with Gasteiger partial charge in [0.05, 0.1) is 25.4 Å². The number of esters is 2. The topological polar surface area (TPSA) is 88.5 Å². The molecular weight excluding hydrogens is 352 g/mol. The van der Waals surface area contributed by atoms with Crippen molar-refractivity contribution in [2.75, 3.05) is 60.6 Å². The van der Waals surface area contributed by atoms with E-state index in [1.165, 1.54) is 0 Å². The Morgan fingerprint density at radius 3 is 1.81 bits per heavy atom. The second-order valence-electron chi connectivity index (χ2n) is 7.91. The maximum absolute atomic E-state index is 11.8. The summed E-state index contributed by atoms with van der Waals surface area (Å²) in [7, 11) is 5.51. The summed E-state index contributed by atoms with van der Waals surface area (Å²) in [6, 6.07) is 0. The fourth-order valence-electron chi connectivity index (χ4n) is 3.76. The van der Waals surface area contributed by atoms with Crippen molar-refractivity contribution in [2.24, 2.45) is 10.8 Å². The largest absolute Gasteiger partial charge is 0.465 e. The zero-order chi connectivity index (χ0) is 20.8. The highest BCUT2D eigenvalue weighted by atomic mass is 16.5. The molecule has 158 valence electrons. The van der Waals surface area contributed by atoms with E-state index in [1.54, 1.807) is 21.0 Å². The predicted molar refractivity (Wildman–Crippen MR) is 101 cm³/mol. The van der Waals surface area contributed by atoms with E-state index in [9.17, 15) is 14.7 Å². The number of nitrogens with zero attached hydrogens (tertiary/aromatic N) is 2. The normalized spacial score (nSPS) is 34.1. The quantitative estimate of drug-likeness (QED) is 0.676. The number of likely N-dealkylation sites (N-methyl/N-ethyl adjacent to an activating group) is 2. The van der Waals surface area contributed by atoms with Crippen molar-refractivity contribution in [3.8, 4) is 0 Å². The van der Waals surface area contributed by atoms with E-state index in [0.29, 0.717) is 32.8 Å². The number of ether oxygens (including phenoxy) is 3. The summed E-state index contributed by atoms with van der Waals surface area (Å²) in [5, 5.41) is 9.67. The molecule has 0 amide bonds. The molecule has 8 nitrogen and oxygen atoms in total. The predicted octanol–water partition coefficient (Wildman–Crippen LogP) is 0.378. The second-order valence-corrected chi connectivity index (χ2v) is 7.91. The van der Waals surface area contributed by atoms with Crippen LogP contribution in [0.3, 0.4) is 0 Å². The van der Waals surface area contributed by atoms with Crippen LogP contribution >= 0.6 is 0 Å². The van der Waals surface area contributed by atoms with Crippen LogP contribution in [0.5, 0.6) is 0 Å². The first kappa shape index (κ1) is 23.8. The summed E-state index contributed by atoms with van der Waals surface area (Å²) in [6.45, 7) is 10.6. The van der Waals surface area contributed by atoms with Crippen molar-refractivity contribution >= 4 is 11.9 Å². The second kappa shape index (κ2) is 9.82. The molecule has 2 saturated heterocycles. The van der Waals surface area contributed by atoms with Gasteiger partial charge in [-0.15, -0.1) is 0 Å². The molecule has 0 aliphatic carbocycles. The highest BCUT2D eigenvalue weighted by molar-refractivity contribution is 5.78. The van der Waals surface area contributed by atoms with E-state index < -0.39 is 16.9 Å². The summed E-state index contributed by atoms with van der Waals surface area (Å²) < 4.78 is 15.3. The summed E-state index contributed by atoms with van der Waals surface area (Å²) in [6.07, 6.45) is -0.678. The molecule has 2 fully saturated rings. The van der Waals surface area contributed by atoms with Gasteiger partial charge in [0.15, 0.2) is 0 Å². The number of likely N-dealkylation sites (tertiary alicyclic amines) is 2. The number of methoxy groups -OCH3 is 1. The van der Waals surface area contributed by atoms with Gasteiger partial charge in [-0.2, -0.15) is 0 Å². The van der Waals surface area contributed by atoms with Gasteiger partial charge in [-0.3, -0.25) is 9.59 Å². The number of rotatable bonds is 5. The lowest BCUT2D eigenvalue weighted by Gasteiger charge is -2.26. The molecule has 1 N–H and O–H groups in total. The van der Waals surface area contributed by atoms with E-state index >= 15 is 0 Å². The van der Waals surface area contributed by atoms with Gasteiger partial charge in [0.1, 0.15) is 10.8 Å². The van der Waals surface area contributed by atoms with Crippen LogP contribution in [0, 0.1) is 10.8 Å². The molecule has 4 atom stereocenters. The Morgan fingerprint density at radius 2 is 1.41 bits per heavy atom. The molecule has 0 aromatic rings. The zero-order valence-corrected chi connectivity index (χ0v) is 17.8. The standard InChI is InChI=1S/C10H19NO3.C9H17NO3/c1-5-14-9(12)10(2)7-11(3)6-8(10)13-4;1-4-13-8(12)9(2)6-10(3)5-7(9)11/h8H,5-7H2,1-4H3;7,11H,4-6H2,1-3H3. The Bertz CT molecular complexity index is 516. The third kappa shape index (κ3) is 5.40. The first-order valence-electron chi connectivity index (χ1n) is 9.47. The van der Waals surface area contributed by atoms with Crippen LogP contribution in [0.1, 0.15) is 27.7 Å². The van der Waals surface area contributed by atoms with E-state index in [4.69, 9.17) is 14.2 Å². The number of carbonyl (C=O) groups is 2. The number of β-amino-alcohol motifs (C(OH)–C–C–N with tert-alkyl or cyclic N) is 1. The zero-order valence-electron chi connectivity index (χ0n) is 17.8. The van der Waals surface area contributed by atoms with Gasteiger partial charge in [0, 0.05) is 33.3 Å². The maximum atomic E-state index is 11.8. The monoisotopic (exact) mass is 388 g/mol. The molecule has 0 aromatic heterocycles. The molecule has 8 heteroatoms. The molecule has 2 aliphatic rings. The highest BCUT2D eigenvalue weighted by Crippen LogP contribution is 2.33. The van der Waals surface area contributed by atoms with Gasteiger partial charge < -0.3 is 29.1 Å². The summed E-state index contributed by atoms with van der Waals surface area (Å²) >= 11 is 0. The van der Waals surface area contributed by atoms with Crippen LogP contribution < -0.4 is 0 Å². The fourth-order valence-corrected chi connectivity index (χ4v) is 3.76. The summed E-state index contributed by atoms with van der Waals surface area (Å²) in [5.41, 5.74) is -1.26. The molecule has 2 heterocycles. The molecule has 2 rings (SSSR count). The van der Waals surface area contributed by atoms with Crippen LogP contribution in [0.2, 0.25) is 0 Å². The van der Waals surface area contributed by atoms with Gasteiger partial charge >= 0.3 is 11.9 Å². The van der Waals surface area contributed by atoms with E-state index in [0.717, 1.165) is 6.54 Å². The van der Waals surface area contributed by atoms with Crippen molar-refractivity contribution in [1.82, 2.24) is 9.80 Å². The van der Waals surface area contributed by atoms with Crippen LogP contribution in [0.15, 0.2) is 0 Å². The lowest BCUT2D eigenvalue weighted by Crippen LogP contribution is -2.41. The van der Waals surface area contributed by atoms with E-state index in [2.05, 4.69) is 4.90 Å². The minimum absolute atomic E-state index is 0.0634. The molecule has 0 aromatic carbocycles. The lowest BCUT2D eigenvalue weighted by molar-refractivity contribution is -0.159. The Labute approximate surface area is 162 Å². The summed E-state index contributed by atoms with van der Waals surface area (Å²) in [4.78, 5) is 27.3. The average molecular weight is 389 g/mol. The molecular formula is C19H36N2O6. The molecule has 27 heavy (non-hydrogen) atoms. The molecule has 0 bridgehead atoms. The molecule has 2 aliphatic heterocycles. The minimum atomic E-state index is -0.745. The Balaban J connectivity index is 0.000000271. The number of hydrogen-bond donors (Lipinski definition) is 1. The van der Waals surface area contributed by atoms with Crippen molar-refractivity contribution in [1.29, 1.82) is 0 Å². The molecule has 0 radical (unpaired) electrons. The number of carbonyl (C=O) groups excluding carboxylic acids is 2. The summed E-state index contributed by atoms with van der Waals surface area (Å²) in [5.74, 6) is -0.456. The van der Waals surface area contributed by atoms with Gasteiger partial charge in [0.25, 0.3) is 0 Å². The van der Waals surface area contributed by atoms with Crippen molar-refractivity contribution in [2.45, 2.75) is 39.9 Å². The van der Waals surface area contributed by atoms with Crippen LogP contribution in [0.4, 0.5) is 0 Å². The van der Waals surface area contributed by atoms with Gasteiger partial charge in [-0.05, 0) is 41.8 Å². The van der Waals surface area contributed by atoms with Crippen LogP contribution in [0.25, 0.3) is 0 Å².